The van der Waals surface area contributed by atoms with Crippen molar-refractivity contribution >= 4 is 33.6 Å². The third-order valence-corrected chi connectivity index (χ3v) is 6.77. The van der Waals surface area contributed by atoms with Crippen LogP contribution in [0.3, 0.4) is 0 Å². The summed E-state index contributed by atoms with van der Waals surface area (Å²) in [5.74, 6) is 1.44. The van der Waals surface area contributed by atoms with Gasteiger partial charge in [0, 0.05) is 48.8 Å². The van der Waals surface area contributed by atoms with E-state index in [2.05, 4.69) is 17.0 Å². The number of piperazine rings is 1. The van der Waals surface area contributed by atoms with Gasteiger partial charge < -0.3 is 14.2 Å². The van der Waals surface area contributed by atoms with Crippen molar-refractivity contribution in [2.75, 3.05) is 31.1 Å². The van der Waals surface area contributed by atoms with Crippen LogP contribution in [0.5, 0.6) is 0 Å². The van der Waals surface area contributed by atoms with E-state index in [9.17, 15) is 9.59 Å². The molecule has 1 fully saturated rings. The van der Waals surface area contributed by atoms with Gasteiger partial charge >= 0.3 is 0 Å². The number of nitrogens with zero attached hydrogens (tertiary/aromatic N) is 3. The molecule has 0 radical (unpaired) electrons. The van der Waals surface area contributed by atoms with Gasteiger partial charge in [0.05, 0.1) is 10.9 Å². The lowest BCUT2D eigenvalue weighted by molar-refractivity contribution is 0.0746. The molecule has 178 valence electrons. The number of amides is 1. The van der Waals surface area contributed by atoms with Crippen molar-refractivity contribution in [3.8, 4) is 11.3 Å². The Morgan fingerprint density at radius 3 is 2.44 bits per heavy atom. The number of hydrogen-bond acceptors (Lipinski definition) is 5. The first-order valence-corrected chi connectivity index (χ1v) is 12.1. The molecule has 1 saturated heterocycles. The molecule has 0 unspecified atom stereocenters. The number of carbonyl (C=O) groups excluding carboxylic acids is 1. The second-order valence-electron chi connectivity index (χ2n) is 9.19. The first-order valence-electron chi connectivity index (χ1n) is 12.1. The second kappa shape index (κ2) is 8.96. The third kappa shape index (κ3) is 4.11. The van der Waals surface area contributed by atoms with E-state index in [0.717, 1.165) is 40.9 Å². The highest BCUT2D eigenvalue weighted by Gasteiger charge is 2.23. The maximum absolute atomic E-state index is 13.1. The Morgan fingerprint density at radius 2 is 1.64 bits per heavy atom. The van der Waals surface area contributed by atoms with E-state index in [4.69, 9.17) is 9.40 Å². The highest BCUT2D eigenvalue weighted by Crippen LogP contribution is 2.24. The number of pyridine rings is 1. The molecule has 3 heterocycles. The number of benzene rings is 3. The third-order valence-electron chi connectivity index (χ3n) is 6.77. The number of aromatic nitrogens is 1. The van der Waals surface area contributed by atoms with Crippen LogP contribution in [0.1, 0.15) is 15.9 Å². The second-order valence-corrected chi connectivity index (χ2v) is 9.19. The molecule has 1 aliphatic rings. The number of aryl methyl sites for hydroxylation is 1. The summed E-state index contributed by atoms with van der Waals surface area (Å²) in [4.78, 5) is 34.6. The Kier molecular flexibility index (Phi) is 5.49. The van der Waals surface area contributed by atoms with Gasteiger partial charge in [0.1, 0.15) is 17.2 Å². The predicted molar refractivity (Wildman–Crippen MR) is 143 cm³/mol. The molecule has 2 aromatic heterocycles. The zero-order chi connectivity index (χ0) is 24.6. The van der Waals surface area contributed by atoms with Gasteiger partial charge in [-0.1, -0.05) is 42.0 Å². The van der Waals surface area contributed by atoms with Crippen molar-refractivity contribution < 1.29 is 9.21 Å². The minimum atomic E-state index is -0.0751. The number of rotatable bonds is 3. The molecule has 0 saturated carbocycles. The van der Waals surface area contributed by atoms with E-state index in [0.29, 0.717) is 35.4 Å². The first kappa shape index (κ1) is 22.0. The minimum Gasteiger partial charge on any atom is -0.456 e. The maximum atomic E-state index is 13.1. The van der Waals surface area contributed by atoms with E-state index in [-0.39, 0.29) is 11.3 Å². The van der Waals surface area contributed by atoms with Crippen LogP contribution < -0.4 is 10.3 Å². The summed E-state index contributed by atoms with van der Waals surface area (Å²) in [5.41, 5.74) is 3.86. The fourth-order valence-corrected chi connectivity index (χ4v) is 4.74. The summed E-state index contributed by atoms with van der Waals surface area (Å²) in [6.45, 7) is 4.68. The fraction of sp³-hybridized carbons (Fsp3) is 0.167. The highest BCUT2D eigenvalue weighted by molar-refractivity contribution is 5.95. The van der Waals surface area contributed by atoms with Gasteiger partial charge in [-0.15, -0.1) is 0 Å². The predicted octanol–water partition coefficient (Wildman–Crippen LogP) is 5.28. The molecule has 1 aliphatic heterocycles. The van der Waals surface area contributed by atoms with Crippen molar-refractivity contribution in [1.29, 1.82) is 0 Å². The first-order chi connectivity index (χ1) is 17.5. The molecule has 6 rings (SSSR count). The average Bonchev–Trinajstić information content (AvgIpc) is 2.93. The van der Waals surface area contributed by atoms with Gasteiger partial charge in [-0.3, -0.25) is 9.59 Å². The van der Waals surface area contributed by atoms with Crippen LogP contribution in [-0.4, -0.2) is 42.0 Å². The van der Waals surface area contributed by atoms with Crippen molar-refractivity contribution in [3.05, 3.63) is 106 Å². The van der Waals surface area contributed by atoms with Crippen LogP contribution in [0.2, 0.25) is 0 Å². The molecule has 1 amide bonds. The summed E-state index contributed by atoms with van der Waals surface area (Å²) in [6, 6.07) is 26.6. The monoisotopic (exact) mass is 475 g/mol. The Labute approximate surface area is 208 Å². The molecule has 36 heavy (non-hydrogen) atoms. The zero-order valence-electron chi connectivity index (χ0n) is 20.0. The van der Waals surface area contributed by atoms with Crippen molar-refractivity contribution in [2.24, 2.45) is 0 Å². The van der Waals surface area contributed by atoms with Gasteiger partial charge in [0.2, 0.25) is 0 Å². The topological polar surface area (TPSA) is 66.7 Å². The van der Waals surface area contributed by atoms with Crippen LogP contribution in [-0.2, 0) is 0 Å². The summed E-state index contributed by atoms with van der Waals surface area (Å²) in [7, 11) is 0. The van der Waals surface area contributed by atoms with Crippen molar-refractivity contribution in [2.45, 2.75) is 6.92 Å². The summed E-state index contributed by atoms with van der Waals surface area (Å²) >= 11 is 0. The summed E-state index contributed by atoms with van der Waals surface area (Å²) in [6.07, 6.45) is 0. The minimum absolute atomic E-state index is 0.00288. The Balaban J connectivity index is 1.15. The van der Waals surface area contributed by atoms with E-state index >= 15 is 0 Å². The maximum Gasteiger partial charge on any atom is 0.253 e. The van der Waals surface area contributed by atoms with Gasteiger partial charge in [-0.2, -0.15) is 0 Å². The lowest BCUT2D eigenvalue weighted by Crippen LogP contribution is -2.49. The Hall–Kier alpha value is -4.45. The quantitative estimate of drug-likeness (QED) is 0.355. The largest absolute Gasteiger partial charge is 0.456 e. The van der Waals surface area contributed by atoms with Crippen molar-refractivity contribution in [1.82, 2.24) is 9.88 Å². The van der Waals surface area contributed by atoms with Gasteiger partial charge in [-0.25, -0.2) is 4.98 Å². The molecule has 0 bridgehead atoms. The lowest BCUT2D eigenvalue weighted by Gasteiger charge is -2.35. The van der Waals surface area contributed by atoms with Crippen LogP contribution >= 0.6 is 0 Å². The number of carbonyl (C=O) groups is 1. The average molecular weight is 476 g/mol. The van der Waals surface area contributed by atoms with Gasteiger partial charge in [-0.05, 0) is 49.4 Å². The number of anilines is 1. The standard InChI is InChI=1S/C30H25N3O3/c1-20-6-12-27-24(18-20)26(34)19-28(36-27)22-7-9-23(10-8-22)30(35)33-16-14-32(15-17-33)29-13-11-21-4-2-3-5-25(21)31-29/h2-13,18-19H,14-17H2,1H3. The van der Waals surface area contributed by atoms with Crippen LogP contribution in [0, 0.1) is 6.92 Å². The Morgan fingerprint density at radius 1 is 0.861 bits per heavy atom. The van der Waals surface area contributed by atoms with E-state index < -0.39 is 0 Å². The summed E-state index contributed by atoms with van der Waals surface area (Å²) < 4.78 is 5.97. The molecule has 3 aromatic carbocycles. The fourth-order valence-electron chi connectivity index (χ4n) is 4.74. The van der Waals surface area contributed by atoms with Crippen LogP contribution in [0.15, 0.2) is 94.1 Å². The van der Waals surface area contributed by atoms with Crippen LogP contribution in [0.4, 0.5) is 5.82 Å². The molecule has 6 nitrogen and oxygen atoms in total. The molecular formula is C30H25N3O3. The van der Waals surface area contributed by atoms with E-state index in [1.54, 1.807) is 12.1 Å². The van der Waals surface area contributed by atoms with Gasteiger partial charge in [0.15, 0.2) is 5.43 Å². The number of para-hydroxylation sites is 1. The molecule has 0 aliphatic carbocycles. The van der Waals surface area contributed by atoms with Crippen molar-refractivity contribution in [3.63, 3.8) is 0 Å². The summed E-state index contributed by atoms with van der Waals surface area (Å²) in [5, 5.41) is 1.69. The number of fused-ring (bicyclic) bond motifs is 2. The number of hydrogen-bond donors (Lipinski definition) is 0. The zero-order valence-corrected chi connectivity index (χ0v) is 20.0. The highest BCUT2D eigenvalue weighted by atomic mass is 16.3. The smallest absolute Gasteiger partial charge is 0.253 e. The van der Waals surface area contributed by atoms with E-state index in [1.807, 2.05) is 66.4 Å². The molecule has 5 aromatic rings. The molecule has 6 heteroatoms. The molecule has 0 spiro atoms. The van der Waals surface area contributed by atoms with Crippen LogP contribution in [0.25, 0.3) is 33.2 Å². The molecule has 0 N–H and O–H groups in total. The lowest BCUT2D eigenvalue weighted by atomic mass is 10.1. The normalized spacial score (nSPS) is 13.9. The van der Waals surface area contributed by atoms with Gasteiger partial charge in [0.25, 0.3) is 5.91 Å². The van der Waals surface area contributed by atoms with E-state index in [1.165, 1.54) is 6.07 Å². The molecular weight excluding hydrogens is 450 g/mol. The molecule has 0 atom stereocenters. The Bertz CT molecular complexity index is 1650. The SMILES string of the molecule is Cc1ccc2oc(-c3ccc(C(=O)N4CCN(c5ccc6ccccc6n5)CC4)cc3)cc(=O)c2c1.